The van der Waals surface area contributed by atoms with E-state index in [9.17, 15) is 17.6 Å². The Morgan fingerprint density at radius 1 is 1.24 bits per heavy atom. The third-order valence-electron chi connectivity index (χ3n) is 1.91. The maximum absolute atomic E-state index is 13.1. The highest BCUT2D eigenvalue weighted by atomic mass is 19.4. The zero-order chi connectivity index (χ0) is 13.5. The van der Waals surface area contributed by atoms with Crippen molar-refractivity contribution in [1.82, 2.24) is 0 Å². The van der Waals surface area contributed by atoms with E-state index in [2.05, 4.69) is 4.74 Å². The van der Waals surface area contributed by atoms with Crippen LogP contribution in [0.4, 0.5) is 17.6 Å². The molecule has 0 bridgehead atoms. The van der Waals surface area contributed by atoms with Crippen molar-refractivity contribution in [2.45, 2.75) is 40.0 Å². The summed E-state index contributed by atoms with van der Waals surface area (Å²) in [7, 11) is 0. The molecule has 0 aromatic heterocycles. The third-order valence-corrected chi connectivity index (χ3v) is 1.91. The molecule has 0 spiro atoms. The lowest BCUT2D eigenvalue weighted by Gasteiger charge is -2.10. The second-order valence-electron chi connectivity index (χ2n) is 2.99. The van der Waals surface area contributed by atoms with E-state index in [0.29, 0.717) is 6.42 Å². The van der Waals surface area contributed by atoms with Crippen LogP contribution in [0.5, 0.6) is 0 Å². The molecule has 0 unspecified atom stereocenters. The van der Waals surface area contributed by atoms with E-state index >= 15 is 0 Å². The minimum atomic E-state index is -4.84. The first-order valence-corrected chi connectivity index (χ1v) is 5.44. The number of alkyl halides is 3. The first-order chi connectivity index (χ1) is 7.92. The number of allylic oxidation sites excluding steroid dienone is 5. The second kappa shape index (κ2) is 7.14. The first kappa shape index (κ1) is 15.7. The summed E-state index contributed by atoms with van der Waals surface area (Å²) in [6.07, 6.45) is -0.425. The molecule has 17 heavy (non-hydrogen) atoms. The molecule has 0 saturated carbocycles. The van der Waals surface area contributed by atoms with Crippen molar-refractivity contribution in [3.05, 3.63) is 35.4 Å². The molecule has 1 nitrogen and oxygen atoms in total. The summed E-state index contributed by atoms with van der Waals surface area (Å²) in [5.41, 5.74) is 0.783. The molecule has 0 N–H and O–H groups in total. The summed E-state index contributed by atoms with van der Waals surface area (Å²) in [5.74, 6) is -1.67. The molecule has 0 amide bonds. The Bertz CT molecular complexity index is 324. The van der Waals surface area contributed by atoms with E-state index in [4.69, 9.17) is 0 Å². The van der Waals surface area contributed by atoms with Crippen LogP contribution >= 0.6 is 0 Å². The summed E-state index contributed by atoms with van der Waals surface area (Å²) in [6, 6.07) is 0. The molecule has 98 valence electrons. The fraction of sp³-hybridized carbons (Fsp3) is 0.500. The quantitative estimate of drug-likeness (QED) is 0.626. The molecule has 0 aromatic rings. The SMILES string of the molecule is CC.CCC1=CCC(OC(F)(F)F)=C(F)C=C1. The van der Waals surface area contributed by atoms with E-state index in [1.165, 1.54) is 12.2 Å². The van der Waals surface area contributed by atoms with Gasteiger partial charge in [0, 0.05) is 6.42 Å². The molecule has 5 heteroatoms. The van der Waals surface area contributed by atoms with Crippen LogP contribution in [-0.4, -0.2) is 6.36 Å². The van der Waals surface area contributed by atoms with Crippen molar-refractivity contribution in [3.63, 3.8) is 0 Å². The van der Waals surface area contributed by atoms with Crippen LogP contribution in [0, 0.1) is 0 Å². The molecule has 1 rings (SSSR count). The molecule has 0 aromatic carbocycles. The fourth-order valence-corrected chi connectivity index (χ4v) is 1.15. The van der Waals surface area contributed by atoms with E-state index in [0.717, 1.165) is 11.6 Å². The fourth-order valence-electron chi connectivity index (χ4n) is 1.15. The number of rotatable bonds is 2. The highest BCUT2D eigenvalue weighted by molar-refractivity contribution is 5.31. The number of halogens is 4. The van der Waals surface area contributed by atoms with E-state index in [1.807, 2.05) is 20.8 Å². The molecule has 0 fully saturated rings. The van der Waals surface area contributed by atoms with E-state index in [1.54, 1.807) is 0 Å². The van der Waals surface area contributed by atoms with Crippen LogP contribution in [0.15, 0.2) is 35.4 Å². The molecule has 0 atom stereocenters. The van der Waals surface area contributed by atoms with Crippen LogP contribution in [0.3, 0.4) is 0 Å². The molecule has 0 radical (unpaired) electrons. The zero-order valence-corrected chi connectivity index (χ0v) is 10.1. The minimum Gasteiger partial charge on any atom is -0.407 e. The van der Waals surface area contributed by atoms with Gasteiger partial charge in [-0.1, -0.05) is 38.5 Å². The van der Waals surface area contributed by atoms with Crippen LogP contribution in [0.1, 0.15) is 33.6 Å². The third kappa shape index (κ3) is 6.14. The van der Waals surface area contributed by atoms with Gasteiger partial charge in [0.05, 0.1) is 0 Å². The van der Waals surface area contributed by atoms with E-state index in [-0.39, 0.29) is 6.42 Å². The Morgan fingerprint density at radius 2 is 1.82 bits per heavy atom. The predicted octanol–water partition coefficient (Wildman–Crippen LogP) is 5.03. The van der Waals surface area contributed by atoms with Gasteiger partial charge >= 0.3 is 6.36 Å². The minimum absolute atomic E-state index is 0.179. The molecule has 0 aliphatic heterocycles. The van der Waals surface area contributed by atoms with Crippen molar-refractivity contribution < 1.29 is 22.3 Å². The lowest BCUT2D eigenvalue weighted by Crippen LogP contribution is -2.13. The first-order valence-electron chi connectivity index (χ1n) is 5.44. The summed E-state index contributed by atoms with van der Waals surface area (Å²) >= 11 is 0. The summed E-state index contributed by atoms with van der Waals surface area (Å²) < 4.78 is 52.2. The van der Waals surface area contributed by atoms with Gasteiger partial charge in [0.1, 0.15) is 5.76 Å². The number of ether oxygens (including phenoxy) is 1. The summed E-state index contributed by atoms with van der Waals surface area (Å²) in [4.78, 5) is 0. The van der Waals surface area contributed by atoms with Crippen LogP contribution in [0.25, 0.3) is 0 Å². The van der Waals surface area contributed by atoms with Crippen LogP contribution < -0.4 is 0 Å². The van der Waals surface area contributed by atoms with Gasteiger partial charge in [-0.15, -0.1) is 13.2 Å². The summed E-state index contributed by atoms with van der Waals surface area (Å²) in [5, 5.41) is 0. The standard InChI is InChI=1S/C10H10F4O.C2H6/c1-2-7-3-5-8(11)9(6-4-7)15-10(12,13)14;1-2/h3-5H,2,6H2,1H3;1-2H3. The molecular weight excluding hydrogens is 236 g/mol. The van der Waals surface area contributed by atoms with Crippen molar-refractivity contribution in [3.8, 4) is 0 Å². The maximum Gasteiger partial charge on any atom is 0.572 e. The van der Waals surface area contributed by atoms with Crippen LogP contribution in [0.2, 0.25) is 0 Å². The monoisotopic (exact) mass is 252 g/mol. The van der Waals surface area contributed by atoms with Crippen LogP contribution in [-0.2, 0) is 4.74 Å². The second-order valence-corrected chi connectivity index (χ2v) is 2.99. The van der Waals surface area contributed by atoms with Gasteiger partial charge < -0.3 is 4.74 Å². The van der Waals surface area contributed by atoms with Gasteiger partial charge in [0.15, 0.2) is 5.83 Å². The average molecular weight is 252 g/mol. The van der Waals surface area contributed by atoms with Gasteiger partial charge in [-0.2, -0.15) is 0 Å². The molecule has 1 aliphatic carbocycles. The predicted molar refractivity (Wildman–Crippen MR) is 58.8 cm³/mol. The smallest absolute Gasteiger partial charge is 0.407 e. The molecular formula is C12H16F4O. The zero-order valence-electron chi connectivity index (χ0n) is 10.1. The molecule has 0 saturated heterocycles. The van der Waals surface area contributed by atoms with Gasteiger partial charge in [-0.25, -0.2) is 4.39 Å². The topological polar surface area (TPSA) is 9.23 Å². The average Bonchev–Trinajstić information content (AvgIpc) is 2.43. The molecule has 0 heterocycles. The van der Waals surface area contributed by atoms with E-state index < -0.39 is 17.9 Å². The van der Waals surface area contributed by atoms with Gasteiger partial charge in [-0.3, -0.25) is 0 Å². The number of hydrogen-bond acceptors (Lipinski definition) is 1. The number of hydrogen-bond donors (Lipinski definition) is 0. The van der Waals surface area contributed by atoms with Gasteiger partial charge in [-0.05, 0) is 12.5 Å². The van der Waals surface area contributed by atoms with Crippen molar-refractivity contribution in [1.29, 1.82) is 0 Å². The van der Waals surface area contributed by atoms with Crippen molar-refractivity contribution in [2.24, 2.45) is 0 Å². The summed E-state index contributed by atoms with van der Waals surface area (Å²) in [6.45, 7) is 5.84. The molecule has 1 aliphatic rings. The maximum atomic E-state index is 13.1. The Labute approximate surface area is 98.5 Å². The van der Waals surface area contributed by atoms with Crippen molar-refractivity contribution >= 4 is 0 Å². The van der Waals surface area contributed by atoms with Crippen molar-refractivity contribution in [2.75, 3.05) is 0 Å². The largest absolute Gasteiger partial charge is 0.572 e. The highest BCUT2D eigenvalue weighted by Gasteiger charge is 2.33. The Morgan fingerprint density at radius 3 is 2.29 bits per heavy atom. The Kier molecular flexibility index (Phi) is 6.61. The highest BCUT2D eigenvalue weighted by Crippen LogP contribution is 2.28. The Hall–Kier alpha value is -1.26. The van der Waals surface area contributed by atoms with Gasteiger partial charge in [0.2, 0.25) is 0 Å². The lowest BCUT2D eigenvalue weighted by atomic mass is 10.2. The normalized spacial score (nSPS) is 15.8. The Balaban J connectivity index is 0.00000121. The lowest BCUT2D eigenvalue weighted by molar-refractivity contribution is -0.306. The van der Waals surface area contributed by atoms with Gasteiger partial charge in [0.25, 0.3) is 0 Å².